The summed E-state index contributed by atoms with van der Waals surface area (Å²) in [5, 5.41) is 21.3. The maximum atomic E-state index is 13.8. The Bertz CT molecular complexity index is 1860. The summed E-state index contributed by atoms with van der Waals surface area (Å²) in [5.74, 6) is -2.59. The average molecular weight is 688 g/mol. The number of morpholine rings is 1. The number of hydrogen-bond acceptors (Lipinski definition) is 6. The van der Waals surface area contributed by atoms with Crippen molar-refractivity contribution in [2.45, 2.75) is 49.5 Å². The number of aliphatic hydroxyl groups is 1. The molecule has 48 heavy (non-hydrogen) atoms. The smallest absolute Gasteiger partial charge is 0.407 e. The molecular formula is C33H33ClF3N5O6. The van der Waals surface area contributed by atoms with E-state index in [9.17, 15) is 37.8 Å². The van der Waals surface area contributed by atoms with Crippen LogP contribution in [0.2, 0.25) is 5.15 Å². The van der Waals surface area contributed by atoms with E-state index in [4.69, 9.17) is 16.3 Å². The fraction of sp³-hybridized carbons (Fsp3) is 0.394. The summed E-state index contributed by atoms with van der Waals surface area (Å²) in [4.78, 5) is 45.2. The summed E-state index contributed by atoms with van der Waals surface area (Å²) < 4.78 is 49.8. The van der Waals surface area contributed by atoms with Gasteiger partial charge < -0.3 is 19.8 Å². The fourth-order valence-corrected chi connectivity index (χ4v) is 6.74. The van der Waals surface area contributed by atoms with Crippen LogP contribution in [-0.4, -0.2) is 90.8 Å². The Labute approximate surface area is 277 Å². The molecule has 0 aliphatic carbocycles. The van der Waals surface area contributed by atoms with E-state index >= 15 is 0 Å². The number of likely N-dealkylation sites (tertiary alicyclic amines) is 1. The number of halogens is 4. The van der Waals surface area contributed by atoms with Crippen molar-refractivity contribution in [1.29, 1.82) is 0 Å². The molecule has 6 rings (SSSR count). The molecule has 2 atom stereocenters. The minimum Gasteiger partial charge on any atom is -0.465 e. The van der Waals surface area contributed by atoms with Gasteiger partial charge in [0, 0.05) is 31.7 Å². The monoisotopic (exact) mass is 687 g/mol. The van der Waals surface area contributed by atoms with Crippen LogP contribution < -0.4 is 5.56 Å². The zero-order valence-electron chi connectivity index (χ0n) is 25.6. The van der Waals surface area contributed by atoms with Gasteiger partial charge in [0.1, 0.15) is 11.5 Å². The number of piperidine rings is 1. The summed E-state index contributed by atoms with van der Waals surface area (Å²) in [6, 6.07) is 15.4. The first kappa shape index (κ1) is 33.5. The third-order valence-corrected chi connectivity index (χ3v) is 9.42. The minimum absolute atomic E-state index is 0.0155. The van der Waals surface area contributed by atoms with Crippen molar-refractivity contribution in [3.8, 4) is 5.69 Å². The molecule has 0 spiro atoms. The van der Waals surface area contributed by atoms with Gasteiger partial charge in [0.25, 0.3) is 5.56 Å². The van der Waals surface area contributed by atoms with E-state index in [0.29, 0.717) is 12.3 Å². The van der Waals surface area contributed by atoms with Crippen LogP contribution >= 0.6 is 11.6 Å². The summed E-state index contributed by atoms with van der Waals surface area (Å²) in [6.45, 7) is 0.754. The summed E-state index contributed by atoms with van der Waals surface area (Å²) in [5.41, 5.74) is -0.211. The molecule has 2 saturated heterocycles. The van der Waals surface area contributed by atoms with E-state index in [1.165, 1.54) is 51.0 Å². The number of amides is 2. The van der Waals surface area contributed by atoms with Gasteiger partial charge in [0.15, 0.2) is 5.65 Å². The third kappa shape index (κ3) is 6.78. The first-order valence-electron chi connectivity index (χ1n) is 15.4. The van der Waals surface area contributed by atoms with Crippen molar-refractivity contribution in [2.24, 2.45) is 0 Å². The van der Waals surface area contributed by atoms with Crippen LogP contribution in [0.25, 0.3) is 16.7 Å². The number of hydrogen-bond donors (Lipinski definition) is 2. The minimum atomic E-state index is -4.60. The molecule has 0 bridgehead atoms. The Morgan fingerprint density at radius 3 is 2.40 bits per heavy atom. The van der Waals surface area contributed by atoms with E-state index in [-0.39, 0.29) is 67.4 Å². The van der Waals surface area contributed by atoms with Crippen molar-refractivity contribution < 1.29 is 37.7 Å². The van der Waals surface area contributed by atoms with Crippen LogP contribution in [0.4, 0.5) is 18.0 Å². The van der Waals surface area contributed by atoms with E-state index in [0.717, 1.165) is 5.56 Å². The Morgan fingerprint density at radius 2 is 1.75 bits per heavy atom. The van der Waals surface area contributed by atoms with E-state index in [2.05, 4.69) is 4.98 Å². The molecule has 4 aromatic rings. The van der Waals surface area contributed by atoms with Gasteiger partial charge in [-0.05, 0) is 42.2 Å². The van der Waals surface area contributed by atoms with Crippen molar-refractivity contribution in [3.05, 3.63) is 93.6 Å². The van der Waals surface area contributed by atoms with Gasteiger partial charge in [-0.2, -0.15) is 13.2 Å². The number of nitrogens with zero attached hydrogens (tertiary/aromatic N) is 5. The highest BCUT2D eigenvalue weighted by Gasteiger charge is 2.43. The van der Waals surface area contributed by atoms with Crippen LogP contribution in [0, 0.1) is 0 Å². The molecule has 0 saturated carbocycles. The molecule has 4 heterocycles. The quantitative estimate of drug-likeness (QED) is 0.280. The SMILES string of the molecule is O=C(CC(c1ccccc1)C(F)(F)F)N1CCC(O)(Cn2cnc3c(cc(Cl)n3-c3ccc([C@@H]4COCCN4C(=O)O)cc3)c2=O)CC1. The Hall–Kier alpha value is -4.40. The predicted octanol–water partition coefficient (Wildman–Crippen LogP) is 4.98. The first-order chi connectivity index (χ1) is 22.8. The number of carboxylic acid groups (broad SMARTS) is 1. The van der Waals surface area contributed by atoms with Crippen molar-refractivity contribution in [1.82, 2.24) is 23.9 Å². The third-order valence-electron chi connectivity index (χ3n) is 9.14. The molecule has 2 aliphatic rings. The summed E-state index contributed by atoms with van der Waals surface area (Å²) in [7, 11) is 0. The molecule has 11 nitrogen and oxygen atoms in total. The Balaban J connectivity index is 1.14. The lowest BCUT2D eigenvalue weighted by Crippen LogP contribution is -2.50. The van der Waals surface area contributed by atoms with Crippen LogP contribution in [0.15, 0.2) is 71.8 Å². The Morgan fingerprint density at radius 1 is 1.06 bits per heavy atom. The normalized spacial score (nSPS) is 19.0. The molecule has 2 N–H and O–H groups in total. The topological polar surface area (TPSA) is 130 Å². The molecule has 2 aromatic carbocycles. The molecular weight excluding hydrogens is 655 g/mol. The number of carbonyl (C=O) groups excluding carboxylic acids is 1. The van der Waals surface area contributed by atoms with Gasteiger partial charge in [-0.15, -0.1) is 0 Å². The maximum Gasteiger partial charge on any atom is 0.407 e. The van der Waals surface area contributed by atoms with Crippen molar-refractivity contribution in [3.63, 3.8) is 0 Å². The second-order valence-electron chi connectivity index (χ2n) is 12.2. The second-order valence-corrected chi connectivity index (χ2v) is 12.6. The van der Waals surface area contributed by atoms with Crippen LogP contribution in [0.1, 0.15) is 42.3 Å². The number of aromatic nitrogens is 3. The van der Waals surface area contributed by atoms with E-state index < -0.39 is 47.7 Å². The van der Waals surface area contributed by atoms with Gasteiger partial charge in [0.2, 0.25) is 5.91 Å². The zero-order chi connectivity index (χ0) is 34.2. The predicted molar refractivity (Wildman–Crippen MR) is 169 cm³/mol. The highest BCUT2D eigenvalue weighted by atomic mass is 35.5. The molecule has 2 aliphatic heterocycles. The van der Waals surface area contributed by atoms with Crippen LogP contribution in [0.3, 0.4) is 0 Å². The highest BCUT2D eigenvalue weighted by molar-refractivity contribution is 6.31. The molecule has 2 amide bonds. The largest absolute Gasteiger partial charge is 0.465 e. The van der Waals surface area contributed by atoms with Gasteiger partial charge in [0.05, 0.1) is 42.7 Å². The number of benzene rings is 2. The van der Waals surface area contributed by atoms with Gasteiger partial charge in [-0.1, -0.05) is 54.1 Å². The maximum absolute atomic E-state index is 13.8. The lowest BCUT2D eigenvalue weighted by atomic mass is 9.89. The first-order valence-corrected chi connectivity index (χ1v) is 15.8. The molecule has 15 heteroatoms. The average Bonchev–Trinajstić information content (AvgIpc) is 3.41. The van der Waals surface area contributed by atoms with Crippen molar-refractivity contribution >= 4 is 34.6 Å². The van der Waals surface area contributed by atoms with Crippen LogP contribution in [-0.2, 0) is 16.1 Å². The number of rotatable bonds is 7. The van der Waals surface area contributed by atoms with E-state index in [1.807, 2.05) is 0 Å². The molecule has 254 valence electrons. The zero-order valence-corrected chi connectivity index (χ0v) is 26.4. The van der Waals surface area contributed by atoms with Crippen molar-refractivity contribution in [2.75, 3.05) is 32.8 Å². The van der Waals surface area contributed by atoms with Gasteiger partial charge >= 0.3 is 12.3 Å². The lowest BCUT2D eigenvalue weighted by Gasteiger charge is -2.39. The fourth-order valence-electron chi connectivity index (χ4n) is 6.46. The van der Waals surface area contributed by atoms with E-state index in [1.54, 1.807) is 34.9 Å². The standard InChI is InChI=1S/C33H33ClF3N5O6/c34-27-16-24-29(42(27)23-8-6-22(7-9-23)26-18-48-15-14-41(26)31(45)46)38-20-40(30(24)44)19-32(47)10-12-39(13-11-32)28(43)17-25(33(35,36)37)21-4-2-1-3-5-21/h1-9,16,20,25-26,47H,10-15,17-19H2,(H,45,46)/t25?,26-/m0/s1. The summed E-state index contributed by atoms with van der Waals surface area (Å²) >= 11 is 6.56. The Kier molecular flexibility index (Phi) is 9.25. The summed E-state index contributed by atoms with van der Waals surface area (Å²) in [6.07, 6.45) is -4.94. The second kappa shape index (κ2) is 13.2. The molecule has 1 unspecified atom stereocenters. The van der Waals surface area contributed by atoms with Crippen LogP contribution in [0.5, 0.6) is 0 Å². The number of fused-ring (bicyclic) bond motifs is 1. The number of carbonyl (C=O) groups is 2. The highest BCUT2D eigenvalue weighted by Crippen LogP contribution is 2.38. The lowest BCUT2D eigenvalue weighted by molar-refractivity contribution is -0.162. The van der Waals surface area contributed by atoms with Gasteiger partial charge in [-0.3, -0.25) is 23.6 Å². The number of ether oxygens (including phenoxy) is 1. The number of alkyl halides is 3. The molecule has 0 radical (unpaired) electrons. The molecule has 2 fully saturated rings. The van der Waals surface area contributed by atoms with Gasteiger partial charge in [-0.25, -0.2) is 9.78 Å². The molecule has 2 aromatic heterocycles.